The molecule has 51 heavy (non-hydrogen) atoms. The second-order valence-corrected chi connectivity index (χ2v) is 13.6. The lowest BCUT2D eigenvalue weighted by atomic mass is 9.55. The zero-order chi connectivity index (χ0) is 36.4. The van der Waals surface area contributed by atoms with Crippen molar-refractivity contribution in [1.82, 2.24) is 4.90 Å². The molecule has 6 atom stereocenters. The van der Waals surface area contributed by atoms with Crippen molar-refractivity contribution in [2.75, 3.05) is 47.7 Å². The molecule has 10 heteroatoms. The summed E-state index contributed by atoms with van der Waals surface area (Å²) in [6.45, 7) is 8.62. The summed E-state index contributed by atoms with van der Waals surface area (Å²) in [4.78, 5) is 21.5. The number of rotatable bonds is 19. The summed E-state index contributed by atoms with van der Waals surface area (Å²) in [6.07, 6.45) is 11.1. The van der Waals surface area contributed by atoms with Gasteiger partial charge in [-0.15, -0.1) is 6.58 Å². The summed E-state index contributed by atoms with van der Waals surface area (Å²) >= 11 is 0. The number of fused-ring (bicyclic) bond motifs is 2. The maximum Gasteiger partial charge on any atom is 0.239 e. The van der Waals surface area contributed by atoms with Gasteiger partial charge in [0.05, 0.1) is 31.8 Å². The number of hydrogen-bond acceptors (Lipinski definition) is 9. The van der Waals surface area contributed by atoms with E-state index in [1.807, 2.05) is 43.4 Å². The summed E-state index contributed by atoms with van der Waals surface area (Å²) in [6, 6.07) is 12.9. The first-order valence-corrected chi connectivity index (χ1v) is 18.1. The number of likely N-dealkylation sites (N-methyl/N-ethyl adjacent to an activating group) is 1. The van der Waals surface area contributed by atoms with Gasteiger partial charge in [-0.25, -0.2) is 0 Å². The van der Waals surface area contributed by atoms with Crippen LogP contribution in [0.1, 0.15) is 62.0 Å². The number of amides is 1. The van der Waals surface area contributed by atoms with Gasteiger partial charge in [-0.1, -0.05) is 54.9 Å². The van der Waals surface area contributed by atoms with E-state index in [2.05, 4.69) is 30.5 Å². The van der Waals surface area contributed by atoms with Gasteiger partial charge in [0.15, 0.2) is 0 Å². The zero-order valence-corrected chi connectivity index (χ0v) is 30.3. The van der Waals surface area contributed by atoms with Crippen molar-refractivity contribution >= 4 is 11.6 Å². The molecule has 0 bridgehead atoms. The van der Waals surface area contributed by atoms with Crippen LogP contribution in [0.15, 0.2) is 84.6 Å². The van der Waals surface area contributed by atoms with E-state index in [4.69, 9.17) is 23.8 Å². The third kappa shape index (κ3) is 8.19. The Hall–Kier alpha value is -4.12. The fourth-order valence-electron chi connectivity index (χ4n) is 8.34. The van der Waals surface area contributed by atoms with Crippen molar-refractivity contribution in [3.63, 3.8) is 0 Å². The smallest absolute Gasteiger partial charge is 0.239 e. The van der Waals surface area contributed by atoms with Gasteiger partial charge in [0.25, 0.3) is 0 Å². The van der Waals surface area contributed by atoms with Gasteiger partial charge in [-0.05, 0) is 79.0 Å². The summed E-state index contributed by atoms with van der Waals surface area (Å²) < 4.78 is 25.5. The molecule has 1 fully saturated rings. The first-order chi connectivity index (χ1) is 24.8. The third-order valence-corrected chi connectivity index (χ3v) is 10.6. The molecule has 1 heterocycles. The molecule has 5 rings (SSSR count). The van der Waals surface area contributed by atoms with E-state index in [-0.39, 0.29) is 55.8 Å². The molecule has 2 aromatic carbocycles. The number of oxime groups is 1. The van der Waals surface area contributed by atoms with Gasteiger partial charge in [0, 0.05) is 38.2 Å². The second kappa shape index (κ2) is 17.9. The van der Waals surface area contributed by atoms with Gasteiger partial charge < -0.3 is 38.9 Å². The van der Waals surface area contributed by atoms with E-state index in [0.29, 0.717) is 43.1 Å². The van der Waals surface area contributed by atoms with Crippen LogP contribution in [0.5, 0.6) is 17.2 Å². The van der Waals surface area contributed by atoms with Gasteiger partial charge in [-0.2, -0.15) is 0 Å². The number of aliphatic hydroxyl groups is 2. The fraction of sp³-hybridized carbons (Fsp3) is 0.512. The molecular formula is C41H54N2O8. The van der Waals surface area contributed by atoms with Crippen LogP contribution < -0.4 is 14.2 Å². The van der Waals surface area contributed by atoms with Crippen LogP contribution >= 0.6 is 0 Å². The molecule has 10 nitrogen and oxygen atoms in total. The van der Waals surface area contributed by atoms with Crippen molar-refractivity contribution < 1.29 is 38.8 Å². The van der Waals surface area contributed by atoms with E-state index in [0.717, 1.165) is 48.1 Å². The van der Waals surface area contributed by atoms with Crippen LogP contribution in [0.4, 0.5) is 0 Å². The van der Waals surface area contributed by atoms with Gasteiger partial charge in [-0.3, -0.25) is 4.79 Å². The van der Waals surface area contributed by atoms with Crippen molar-refractivity contribution in [2.24, 2.45) is 22.9 Å². The molecule has 2 N–H and O–H groups in total. The molecule has 6 unspecified atom stereocenters. The van der Waals surface area contributed by atoms with Crippen LogP contribution in [-0.4, -0.2) is 86.3 Å². The summed E-state index contributed by atoms with van der Waals surface area (Å²) in [5.74, 6) is 0.482. The van der Waals surface area contributed by atoms with Crippen molar-refractivity contribution in [3.8, 4) is 17.2 Å². The summed E-state index contributed by atoms with van der Waals surface area (Å²) in [5, 5.41) is 24.1. The highest BCUT2D eigenvalue weighted by atomic mass is 16.7. The van der Waals surface area contributed by atoms with Crippen molar-refractivity contribution in [1.29, 1.82) is 0 Å². The normalized spacial score (nSPS) is 25.5. The number of carbonyl (C=O) groups excluding carboxylic acids is 1. The molecule has 2 aromatic rings. The van der Waals surface area contributed by atoms with E-state index in [1.54, 1.807) is 31.3 Å². The number of nitrogens with zero attached hydrogens (tertiary/aromatic N) is 2. The Morgan fingerprint density at radius 3 is 2.49 bits per heavy atom. The number of allylic oxidation sites excluding steroid dienone is 1. The molecule has 0 aromatic heterocycles. The molecule has 0 spiro atoms. The molecule has 0 saturated heterocycles. The summed E-state index contributed by atoms with van der Waals surface area (Å²) in [7, 11) is 4.97. The van der Waals surface area contributed by atoms with Gasteiger partial charge >= 0.3 is 0 Å². The van der Waals surface area contributed by atoms with Crippen LogP contribution in [0.25, 0.3) is 0 Å². The average Bonchev–Trinajstić information content (AvgIpc) is 3.14. The first-order valence-electron chi connectivity index (χ1n) is 18.1. The molecule has 1 aliphatic heterocycles. The quantitative estimate of drug-likeness (QED) is 0.101. The van der Waals surface area contributed by atoms with Crippen LogP contribution in [0.2, 0.25) is 0 Å². The van der Waals surface area contributed by atoms with E-state index in [1.165, 1.54) is 0 Å². The predicted octanol–water partition coefficient (Wildman–Crippen LogP) is 6.22. The Morgan fingerprint density at radius 1 is 1.02 bits per heavy atom. The molecule has 2 aliphatic carbocycles. The Bertz CT molecular complexity index is 1570. The highest BCUT2D eigenvalue weighted by Crippen LogP contribution is 2.61. The SMILES string of the molecule is C=CCOc1ccc2c(c1)C1C(CCCCO)C(CCCCO)C=C3C(=NOC)CC(N(C)C(=O)Cc4cccc(OC)c4)C(OCC=C)(O2)C31. The lowest BCUT2D eigenvalue weighted by Gasteiger charge is -2.59. The number of methoxy groups -OCH3 is 1. The number of hydrogen-bond donors (Lipinski definition) is 2. The van der Waals surface area contributed by atoms with E-state index < -0.39 is 11.8 Å². The Morgan fingerprint density at radius 2 is 1.78 bits per heavy atom. The number of benzene rings is 2. The Kier molecular flexibility index (Phi) is 13.4. The third-order valence-electron chi connectivity index (χ3n) is 10.6. The van der Waals surface area contributed by atoms with Crippen LogP contribution in [0.3, 0.4) is 0 Å². The topological polar surface area (TPSA) is 119 Å². The fourth-order valence-corrected chi connectivity index (χ4v) is 8.34. The van der Waals surface area contributed by atoms with Crippen molar-refractivity contribution in [2.45, 2.75) is 69.1 Å². The average molecular weight is 703 g/mol. The molecule has 276 valence electrons. The van der Waals surface area contributed by atoms with Crippen LogP contribution in [-0.2, 0) is 20.8 Å². The Balaban J connectivity index is 1.70. The van der Waals surface area contributed by atoms with Gasteiger partial charge in [0.1, 0.15) is 37.0 Å². The minimum Gasteiger partial charge on any atom is -0.497 e. The van der Waals surface area contributed by atoms with Crippen LogP contribution in [0, 0.1) is 17.8 Å². The molecule has 3 aliphatic rings. The molecule has 1 amide bonds. The Labute approximate surface area is 302 Å². The molecule has 0 radical (unpaired) electrons. The minimum atomic E-state index is -1.29. The zero-order valence-electron chi connectivity index (χ0n) is 30.3. The maximum absolute atomic E-state index is 14.2. The lowest BCUT2D eigenvalue weighted by molar-refractivity contribution is -0.255. The largest absolute Gasteiger partial charge is 0.497 e. The number of aliphatic hydroxyl groups excluding tert-OH is 2. The number of ether oxygens (including phenoxy) is 4. The van der Waals surface area contributed by atoms with E-state index in [9.17, 15) is 15.0 Å². The predicted molar refractivity (Wildman–Crippen MR) is 197 cm³/mol. The number of carbonyl (C=O) groups is 1. The highest BCUT2D eigenvalue weighted by Gasteiger charge is 2.65. The maximum atomic E-state index is 14.2. The van der Waals surface area contributed by atoms with E-state index >= 15 is 0 Å². The summed E-state index contributed by atoms with van der Waals surface area (Å²) in [5.41, 5.74) is 3.59. The first kappa shape index (κ1) is 38.1. The minimum absolute atomic E-state index is 0.102. The highest BCUT2D eigenvalue weighted by molar-refractivity contribution is 6.03. The van der Waals surface area contributed by atoms with Crippen molar-refractivity contribution in [3.05, 3.63) is 90.6 Å². The molecular weight excluding hydrogens is 648 g/mol. The van der Waals surface area contributed by atoms with Gasteiger partial charge in [0.2, 0.25) is 11.7 Å². The number of unbranched alkanes of at least 4 members (excludes halogenated alkanes) is 2. The monoisotopic (exact) mass is 702 g/mol. The second-order valence-electron chi connectivity index (χ2n) is 13.6. The lowest BCUT2D eigenvalue weighted by Crippen LogP contribution is -2.69. The standard InChI is InChI=1S/C41H54N2O8/c1-6-21-49-31-17-18-36-34(26-31)39-32(16-9-11-20-45)29(14-8-10-19-44)25-33-35(42-48-5)27-37(41(51-36,40(33)39)50-22-7-2)43(3)38(46)24-28-13-12-15-30(23-28)47-4/h6-7,12-13,15,17-18,23,25-26,29,32,37,39-40,44-45H,1-2,8-11,14,16,19-22,24,27H2,3-5H3. The molecule has 1 saturated carbocycles.